The van der Waals surface area contributed by atoms with E-state index in [1.807, 2.05) is 45.0 Å². The molecule has 0 saturated carbocycles. The number of aryl methyl sites for hydroxylation is 2. The third kappa shape index (κ3) is 9.81. The number of fused-ring (bicyclic) bond motifs is 1. The van der Waals surface area contributed by atoms with Crippen LogP contribution in [0.3, 0.4) is 0 Å². The number of hydrogen-bond acceptors (Lipinski definition) is 6. The maximum atomic E-state index is 13.0. The Bertz CT molecular complexity index is 1240. The molecule has 0 atom stereocenters. The predicted molar refractivity (Wildman–Crippen MR) is 170 cm³/mol. The van der Waals surface area contributed by atoms with Crippen molar-refractivity contribution in [1.82, 2.24) is 0 Å². The van der Waals surface area contributed by atoms with Gasteiger partial charge in [-0.3, -0.25) is 0 Å². The molecule has 3 aromatic rings. The molecule has 0 radical (unpaired) electrons. The maximum Gasteiger partial charge on any atom is 0.500 e. The lowest BCUT2D eigenvalue weighted by Crippen LogP contribution is -2.45. The van der Waals surface area contributed by atoms with E-state index in [4.69, 9.17) is 22.4 Å². The molecule has 0 aliphatic carbocycles. The predicted octanol–water partition coefficient (Wildman–Crippen LogP) is 8.74. The van der Waals surface area contributed by atoms with Crippen LogP contribution in [-0.2, 0) is 26.1 Å². The third-order valence-corrected chi connectivity index (χ3v) is 10.5. The molecule has 226 valence electrons. The third-order valence-electron chi connectivity index (χ3n) is 7.36. The van der Waals surface area contributed by atoms with Gasteiger partial charge in [0.1, 0.15) is 11.3 Å². The zero-order valence-electron chi connectivity index (χ0n) is 25.9. The summed E-state index contributed by atoms with van der Waals surface area (Å²) in [4.78, 5) is 13.0. The zero-order chi connectivity index (χ0) is 29.5. The maximum absolute atomic E-state index is 13.0. The van der Waals surface area contributed by atoms with Gasteiger partial charge < -0.3 is 22.4 Å². The highest BCUT2D eigenvalue weighted by atomic mass is 28.4. The van der Waals surface area contributed by atoms with Crippen LogP contribution in [-0.4, -0.2) is 35.2 Å². The van der Waals surface area contributed by atoms with Gasteiger partial charge in [-0.25, -0.2) is 4.79 Å². The fraction of sp³-hybridized carbons (Fsp3) is 0.559. The smallest absolute Gasteiger partial charge is 0.493 e. The van der Waals surface area contributed by atoms with E-state index in [-0.39, 0.29) is 5.63 Å². The Morgan fingerprint density at radius 1 is 0.732 bits per heavy atom. The van der Waals surface area contributed by atoms with Gasteiger partial charge in [0.05, 0.1) is 12.2 Å². The molecule has 1 aromatic heterocycles. The van der Waals surface area contributed by atoms with Crippen LogP contribution in [0.15, 0.2) is 51.7 Å². The summed E-state index contributed by atoms with van der Waals surface area (Å²) in [5, 5.41) is 0.895. The number of ether oxygens (including phenoxy) is 1. The topological polar surface area (TPSA) is 67.1 Å². The standard InChI is InChI=1S/C34H50O6Si/c1-6-11-14-17-27-18-21-31(28(7-2)24-27)32-25-29-19-20-30(26-33(29)40-34(32)35)36-22-15-12-13-16-23-41(37-8-3,38-9-4)39-10-5/h18-21,24-26H,6-17,22-23H2,1-5H3. The molecule has 1 heterocycles. The van der Waals surface area contributed by atoms with Crippen molar-refractivity contribution < 1.29 is 22.4 Å². The monoisotopic (exact) mass is 582 g/mol. The van der Waals surface area contributed by atoms with Crippen LogP contribution in [0.5, 0.6) is 5.75 Å². The molecule has 0 spiro atoms. The molecule has 6 nitrogen and oxygen atoms in total. The van der Waals surface area contributed by atoms with Gasteiger partial charge in [-0.2, -0.15) is 0 Å². The van der Waals surface area contributed by atoms with Crippen molar-refractivity contribution >= 4 is 19.8 Å². The molecule has 0 amide bonds. The first-order valence-electron chi connectivity index (χ1n) is 15.7. The number of unbranched alkanes of at least 4 members (excludes halogenated alkanes) is 5. The summed E-state index contributed by atoms with van der Waals surface area (Å²) >= 11 is 0. The molecule has 7 heteroatoms. The van der Waals surface area contributed by atoms with Crippen molar-refractivity contribution in [3.8, 4) is 16.9 Å². The van der Waals surface area contributed by atoms with E-state index in [9.17, 15) is 4.79 Å². The lowest BCUT2D eigenvalue weighted by Gasteiger charge is -2.28. The minimum atomic E-state index is -2.56. The van der Waals surface area contributed by atoms with Gasteiger partial charge in [-0.1, -0.05) is 57.7 Å². The van der Waals surface area contributed by atoms with Gasteiger partial charge in [0.2, 0.25) is 0 Å². The molecule has 0 saturated heterocycles. The summed E-state index contributed by atoms with van der Waals surface area (Å²) in [5.74, 6) is 0.717. The van der Waals surface area contributed by atoms with Crippen LogP contribution < -0.4 is 10.4 Å². The van der Waals surface area contributed by atoms with Crippen LogP contribution in [0, 0.1) is 0 Å². The van der Waals surface area contributed by atoms with Gasteiger partial charge >= 0.3 is 14.4 Å². The van der Waals surface area contributed by atoms with Gasteiger partial charge in [0.15, 0.2) is 0 Å². The number of benzene rings is 2. The van der Waals surface area contributed by atoms with Gasteiger partial charge in [0.25, 0.3) is 0 Å². The largest absolute Gasteiger partial charge is 0.500 e. The second-order valence-corrected chi connectivity index (χ2v) is 13.2. The number of hydrogen-bond donors (Lipinski definition) is 0. The Hall–Kier alpha value is -2.45. The Morgan fingerprint density at radius 3 is 2.15 bits per heavy atom. The number of rotatable bonds is 20. The highest BCUT2D eigenvalue weighted by Crippen LogP contribution is 2.28. The van der Waals surface area contributed by atoms with Crippen molar-refractivity contribution in [1.29, 1.82) is 0 Å². The summed E-state index contributed by atoms with van der Waals surface area (Å²) in [5.41, 5.74) is 4.35. The van der Waals surface area contributed by atoms with E-state index in [0.29, 0.717) is 37.6 Å². The normalized spacial score (nSPS) is 11.8. The molecular weight excluding hydrogens is 532 g/mol. The van der Waals surface area contributed by atoms with Crippen LogP contribution in [0.1, 0.15) is 90.7 Å². The second kappa shape index (κ2) is 17.5. The van der Waals surface area contributed by atoms with Crippen molar-refractivity contribution in [2.45, 2.75) is 98.5 Å². The Balaban J connectivity index is 1.56. The van der Waals surface area contributed by atoms with E-state index in [2.05, 4.69) is 32.0 Å². The minimum absolute atomic E-state index is 0.311. The van der Waals surface area contributed by atoms with Crippen LogP contribution in [0.4, 0.5) is 0 Å². The summed E-state index contributed by atoms with van der Waals surface area (Å²) in [7, 11) is -2.56. The molecule has 0 N–H and O–H groups in total. The van der Waals surface area contributed by atoms with Crippen molar-refractivity contribution in [2.75, 3.05) is 26.4 Å². The molecule has 0 aliphatic heterocycles. The molecule has 0 aliphatic rings. The Morgan fingerprint density at radius 2 is 1.46 bits per heavy atom. The average molecular weight is 583 g/mol. The van der Waals surface area contributed by atoms with Crippen molar-refractivity contribution in [3.05, 3.63) is 64.0 Å². The molecule has 0 unspecified atom stereocenters. The molecule has 0 bridgehead atoms. The Labute approximate surface area is 247 Å². The fourth-order valence-electron chi connectivity index (χ4n) is 5.29. The van der Waals surface area contributed by atoms with Gasteiger partial charge in [-0.05, 0) is 87.8 Å². The molecule has 41 heavy (non-hydrogen) atoms. The highest BCUT2D eigenvalue weighted by Gasteiger charge is 2.39. The average Bonchev–Trinajstić information content (AvgIpc) is 2.97. The molecular formula is C34H50O6Si. The van der Waals surface area contributed by atoms with Crippen LogP contribution in [0.2, 0.25) is 6.04 Å². The molecule has 2 aromatic carbocycles. The van der Waals surface area contributed by atoms with Gasteiger partial charge in [-0.15, -0.1) is 0 Å². The summed E-state index contributed by atoms with van der Waals surface area (Å²) < 4.78 is 29.6. The molecule has 0 fully saturated rings. The van der Waals surface area contributed by atoms with E-state index >= 15 is 0 Å². The quantitative estimate of drug-likeness (QED) is 0.0754. The lowest BCUT2D eigenvalue weighted by atomic mass is 9.94. The summed E-state index contributed by atoms with van der Waals surface area (Å²) in [6.45, 7) is 12.8. The van der Waals surface area contributed by atoms with E-state index in [1.54, 1.807) is 0 Å². The van der Waals surface area contributed by atoms with Gasteiger partial charge in [0, 0.05) is 37.3 Å². The highest BCUT2D eigenvalue weighted by molar-refractivity contribution is 6.60. The van der Waals surface area contributed by atoms with E-state index < -0.39 is 8.80 Å². The van der Waals surface area contributed by atoms with Crippen LogP contribution in [0.25, 0.3) is 22.1 Å². The summed E-state index contributed by atoms with van der Waals surface area (Å²) in [6.07, 6.45) is 9.68. The second-order valence-electron chi connectivity index (χ2n) is 10.4. The fourth-order valence-corrected chi connectivity index (χ4v) is 7.98. The van der Waals surface area contributed by atoms with Crippen molar-refractivity contribution in [2.24, 2.45) is 0 Å². The first-order valence-corrected chi connectivity index (χ1v) is 17.7. The first kappa shape index (κ1) is 33.1. The summed E-state index contributed by atoms with van der Waals surface area (Å²) in [6, 6.07) is 15.0. The van der Waals surface area contributed by atoms with E-state index in [0.717, 1.165) is 61.3 Å². The van der Waals surface area contributed by atoms with Crippen LogP contribution >= 0.6 is 0 Å². The minimum Gasteiger partial charge on any atom is -0.493 e. The lowest BCUT2D eigenvalue weighted by molar-refractivity contribution is 0.0706. The molecule has 3 rings (SSSR count). The van der Waals surface area contributed by atoms with E-state index in [1.165, 1.54) is 30.4 Å². The first-order chi connectivity index (χ1) is 20.0. The Kier molecular flexibility index (Phi) is 14.1. The van der Waals surface area contributed by atoms with Crippen molar-refractivity contribution in [3.63, 3.8) is 0 Å². The zero-order valence-corrected chi connectivity index (χ0v) is 26.9. The SMILES string of the molecule is CCCCCc1ccc(-c2cc3ccc(OCCCCCC[Si](OCC)(OCC)OCC)cc3oc2=O)c(CC)c1.